The quantitative estimate of drug-likeness (QED) is 0.864. The molecular weight excluding hydrogens is 317 g/mol. The van der Waals surface area contributed by atoms with E-state index in [9.17, 15) is 4.79 Å². The van der Waals surface area contributed by atoms with Crippen LogP contribution in [0.5, 0.6) is 0 Å². The first kappa shape index (κ1) is 13.4. The number of nitrogens with one attached hydrogen (secondary N) is 1. The number of benzene rings is 1. The molecule has 1 aromatic carbocycles. The van der Waals surface area contributed by atoms with E-state index >= 15 is 0 Å². The van der Waals surface area contributed by atoms with Crippen molar-refractivity contribution in [2.45, 2.75) is 26.4 Å². The van der Waals surface area contributed by atoms with Crippen LogP contribution in [0.1, 0.15) is 20.8 Å². The molecule has 16 heavy (non-hydrogen) atoms. The van der Waals surface area contributed by atoms with E-state index in [-0.39, 0.29) is 18.1 Å². The van der Waals surface area contributed by atoms with Gasteiger partial charge in [0.25, 0.3) is 0 Å². The molecule has 0 atom stereocenters. The normalized spacial score (nSPS) is 11.2. The summed E-state index contributed by atoms with van der Waals surface area (Å²) < 4.78 is 6.41. The summed E-state index contributed by atoms with van der Waals surface area (Å²) in [4.78, 5) is 11.6. The van der Waals surface area contributed by atoms with Crippen LogP contribution in [0.15, 0.2) is 24.3 Å². The molecule has 0 unspecified atom stereocenters. The van der Waals surface area contributed by atoms with Crippen molar-refractivity contribution in [3.8, 4) is 0 Å². The molecule has 0 radical (unpaired) electrons. The van der Waals surface area contributed by atoms with Gasteiger partial charge in [-0.2, -0.15) is 0 Å². The van der Waals surface area contributed by atoms with E-state index in [0.717, 1.165) is 9.26 Å². The Kier molecular flexibility index (Phi) is 4.73. The largest absolute Gasteiger partial charge is 0.366 e. The number of amides is 1. The van der Waals surface area contributed by atoms with Crippen molar-refractivity contribution in [3.05, 3.63) is 27.8 Å². The number of ether oxygens (including phenoxy) is 1. The second kappa shape index (κ2) is 5.63. The maximum Gasteiger partial charge on any atom is 0.250 e. The Morgan fingerprint density at radius 2 is 2.00 bits per heavy atom. The molecule has 1 rings (SSSR count). The van der Waals surface area contributed by atoms with Gasteiger partial charge in [0.15, 0.2) is 0 Å². The Morgan fingerprint density at radius 3 is 2.56 bits per heavy atom. The zero-order valence-electron chi connectivity index (χ0n) is 9.71. The smallest absolute Gasteiger partial charge is 0.250 e. The summed E-state index contributed by atoms with van der Waals surface area (Å²) in [6.45, 7) is 5.85. The maximum absolute atomic E-state index is 11.6. The van der Waals surface area contributed by atoms with E-state index in [0.29, 0.717) is 0 Å². The molecule has 88 valence electrons. The number of carbonyl (C=O) groups excluding carboxylic acids is 1. The van der Waals surface area contributed by atoms with E-state index in [1.165, 1.54) is 0 Å². The van der Waals surface area contributed by atoms with Crippen LogP contribution >= 0.6 is 22.6 Å². The molecule has 4 heteroatoms. The molecule has 0 heterocycles. The zero-order valence-corrected chi connectivity index (χ0v) is 11.9. The highest BCUT2D eigenvalue weighted by molar-refractivity contribution is 14.1. The van der Waals surface area contributed by atoms with E-state index in [1.807, 2.05) is 45.0 Å². The number of halogens is 1. The second-order valence-corrected chi connectivity index (χ2v) is 5.59. The third-order valence-corrected chi connectivity index (χ3v) is 2.72. The fourth-order valence-electron chi connectivity index (χ4n) is 1.03. The highest BCUT2D eigenvalue weighted by atomic mass is 127. The van der Waals surface area contributed by atoms with Gasteiger partial charge >= 0.3 is 0 Å². The summed E-state index contributed by atoms with van der Waals surface area (Å²) in [6.07, 6.45) is 0. The van der Waals surface area contributed by atoms with Gasteiger partial charge in [-0.15, -0.1) is 0 Å². The monoisotopic (exact) mass is 333 g/mol. The molecule has 0 fully saturated rings. The summed E-state index contributed by atoms with van der Waals surface area (Å²) in [6, 6.07) is 7.64. The number of rotatable bonds is 3. The van der Waals surface area contributed by atoms with Gasteiger partial charge < -0.3 is 10.1 Å². The predicted molar refractivity (Wildman–Crippen MR) is 73.5 cm³/mol. The number of hydrogen-bond acceptors (Lipinski definition) is 2. The summed E-state index contributed by atoms with van der Waals surface area (Å²) >= 11 is 2.18. The Morgan fingerprint density at radius 1 is 1.38 bits per heavy atom. The lowest BCUT2D eigenvalue weighted by molar-refractivity contribution is -0.125. The summed E-state index contributed by atoms with van der Waals surface area (Å²) in [5.74, 6) is -0.126. The zero-order chi connectivity index (χ0) is 12.2. The van der Waals surface area contributed by atoms with Crippen LogP contribution in [0.2, 0.25) is 0 Å². The van der Waals surface area contributed by atoms with E-state index in [1.54, 1.807) is 0 Å². The Labute approximate surface area is 110 Å². The molecule has 0 saturated heterocycles. The van der Waals surface area contributed by atoms with E-state index < -0.39 is 0 Å². The molecule has 1 aromatic rings. The fourth-order valence-corrected chi connectivity index (χ4v) is 1.55. The molecule has 0 aromatic heterocycles. The van der Waals surface area contributed by atoms with Crippen molar-refractivity contribution in [1.82, 2.24) is 0 Å². The summed E-state index contributed by atoms with van der Waals surface area (Å²) in [5, 5.41) is 2.81. The molecule has 0 bridgehead atoms. The van der Waals surface area contributed by atoms with Crippen LogP contribution in [0.4, 0.5) is 5.69 Å². The van der Waals surface area contributed by atoms with Crippen molar-refractivity contribution < 1.29 is 9.53 Å². The highest BCUT2D eigenvalue weighted by Gasteiger charge is 2.13. The molecular formula is C12H16INO2. The SMILES string of the molecule is CC(C)(C)OCC(=O)Nc1ccccc1I. The van der Waals surface area contributed by atoms with Crippen LogP contribution in [0.3, 0.4) is 0 Å². The third-order valence-electron chi connectivity index (χ3n) is 1.78. The molecule has 0 spiro atoms. The Hall–Kier alpha value is -0.620. The van der Waals surface area contributed by atoms with E-state index in [2.05, 4.69) is 27.9 Å². The van der Waals surface area contributed by atoms with Crippen molar-refractivity contribution in [1.29, 1.82) is 0 Å². The van der Waals surface area contributed by atoms with Crippen LogP contribution in [0, 0.1) is 3.57 Å². The minimum Gasteiger partial charge on any atom is -0.366 e. The first-order valence-electron chi connectivity index (χ1n) is 5.07. The number of para-hydroxylation sites is 1. The molecule has 0 aliphatic carbocycles. The number of anilines is 1. The lowest BCUT2D eigenvalue weighted by Gasteiger charge is -2.19. The van der Waals surface area contributed by atoms with Gasteiger partial charge in [0, 0.05) is 3.57 Å². The van der Waals surface area contributed by atoms with Crippen LogP contribution < -0.4 is 5.32 Å². The summed E-state index contributed by atoms with van der Waals surface area (Å²) in [7, 11) is 0. The minimum absolute atomic E-state index is 0.0779. The van der Waals surface area contributed by atoms with Gasteiger partial charge in [-0.3, -0.25) is 4.79 Å². The molecule has 0 saturated carbocycles. The van der Waals surface area contributed by atoms with Gasteiger partial charge in [-0.05, 0) is 55.5 Å². The first-order valence-corrected chi connectivity index (χ1v) is 6.15. The van der Waals surface area contributed by atoms with Crippen molar-refractivity contribution in [3.63, 3.8) is 0 Å². The average molecular weight is 333 g/mol. The van der Waals surface area contributed by atoms with Gasteiger partial charge in [0.2, 0.25) is 5.91 Å². The Balaban J connectivity index is 2.50. The average Bonchev–Trinajstić information content (AvgIpc) is 2.18. The van der Waals surface area contributed by atoms with Crippen LogP contribution in [-0.4, -0.2) is 18.1 Å². The molecule has 3 nitrogen and oxygen atoms in total. The topological polar surface area (TPSA) is 38.3 Å². The van der Waals surface area contributed by atoms with Crippen molar-refractivity contribution >= 4 is 34.2 Å². The minimum atomic E-state index is -0.290. The highest BCUT2D eigenvalue weighted by Crippen LogP contribution is 2.17. The van der Waals surface area contributed by atoms with Crippen molar-refractivity contribution in [2.75, 3.05) is 11.9 Å². The van der Waals surface area contributed by atoms with Gasteiger partial charge in [-0.25, -0.2) is 0 Å². The summed E-state index contributed by atoms with van der Waals surface area (Å²) in [5.41, 5.74) is 0.534. The molecule has 0 aliphatic heterocycles. The standard InChI is InChI=1S/C12H16INO2/c1-12(2,3)16-8-11(15)14-10-7-5-4-6-9(10)13/h4-7H,8H2,1-3H3,(H,14,15). The Bertz CT molecular complexity index is 372. The lowest BCUT2D eigenvalue weighted by Crippen LogP contribution is -2.27. The molecule has 1 N–H and O–H groups in total. The first-order chi connectivity index (χ1) is 7.38. The second-order valence-electron chi connectivity index (χ2n) is 4.43. The third kappa shape index (κ3) is 4.94. The van der Waals surface area contributed by atoms with Gasteiger partial charge in [0.05, 0.1) is 11.3 Å². The van der Waals surface area contributed by atoms with E-state index in [4.69, 9.17) is 4.74 Å². The molecule has 1 amide bonds. The fraction of sp³-hybridized carbons (Fsp3) is 0.417. The van der Waals surface area contributed by atoms with Crippen LogP contribution in [-0.2, 0) is 9.53 Å². The number of carbonyl (C=O) groups is 1. The lowest BCUT2D eigenvalue weighted by atomic mass is 10.2. The van der Waals surface area contributed by atoms with Crippen molar-refractivity contribution in [2.24, 2.45) is 0 Å². The number of hydrogen-bond donors (Lipinski definition) is 1. The predicted octanol–water partition coefficient (Wildman–Crippen LogP) is 3.04. The molecule has 0 aliphatic rings. The van der Waals surface area contributed by atoms with Gasteiger partial charge in [0.1, 0.15) is 6.61 Å². The van der Waals surface area contributed by atoms with Crippen LogP contribution in [0.25, 0.3) is 0 Å². The van der Waals surface area contributed by atoms with Gasteiger partial charge in [-0.1, -0.05) is 12.1 Å². The maximum atomic E-state index is 11.6.